The van der Waals surface area contributed by atoms with Gasteiger partial charge in [-0.15, -0.1) is 13.2 Å². The zero-order chi connectivity index (χ0) is 24.2. The van der Waals surface area contributed by atoms with Gasteiger partial charge in [-0.2, -0.15) is 0 Å². The second-order valence-corrected chi connectivity index (χ2v) is 10.7. The number of ether oxygens (including phenoxy) is 2. The molecule has 5 unspecified atom stereocenters. The summed E-state index contributed by atoms with van der Waals surface area (Å²) in [6.45, 7) is 6.17. The van der Waals surface area contributed by atoms with Crippen LogP contribution >= 0.6 is 0 Å². The van der Waals surface area contributed by atoms with Crippen LogP contribution in [0.3, 0.4) is 0 Å². The number of nitrogens with one attached hydrogen (secondary N) is 2. The Morgan fingerprint density at radius 3 is 2.71 bits per heavy atom. The maximum Gasteiger partial charge on any atom is 0.573 e. The van der Waals surface area contributed by atoms with Crippen LogP contribution < -0.4 is 15.8 Å². The topological polar surface area (TPSA) is 96.5 Å². The molecule has 2 aliphatic carbocycles. The van der Waals surface area contributed by atoms with Crippen LogP contribution in [-0.2, 0) is 4.74 Å². The van der Waals surface area contributed by atoms with Gasteiger partial charge < -0.3 is 25.9 Å². The van der Waals surface area contributed by atoms with E-state index in [1.54, 1.807) is 0 Å². The number of alkyl halides is 3. The summed E-state index contributed by atoms with van der Waals surface area (Å²) in [6, 6.07) is 2.72. The van der Waals surface area contributed by atoms with E-state index in [1.807, 2.05) is 0 Å². The lowest BCUT2D eigenvalue weighted by atomic mass is 9.92. The van der Waals surface area contributed by atoms with Gasteiger partial charge in [-0.05, 0) is 49.5 Å². The summed E-state index contributed by atoms with van der Waals surface area (Å²) in [5, 5.41) is 12.2. The van der Waals surface area contributed by atoms with Gasteiger partial charge in [0.05, 0.1) is 12.7 Å². The lowest BCUT2D eigenvalue weighted by molar-refractivity contribution is -0.274. The van der Waals surface area contributed by atoms with Crippen LogP contribution in [0, 0.1) is 23.2 Å². The number of halogens is 3. The standard InChI is InChI=1S/C24H34F3N5O2/c1-12(2)31-20(9-19(28)13-5-21(23(29)30-10-13)34-24(25,26)27)22-17-7-14(8-18(17)22)32-4-3-16-6-15(32)11-33-16/h5,10,12,14-18,20,22,28,31H,3-4,6-9,11H2,1-2H3,(H2,29,30). The zero-order valence-corrected chi connectivity index (χ0v) is 19.6. The number of nitrogens with two attached hydrogens (primary N) is 1. The highest BCUT2D eigenvalue weighted by Gasteiger charge is 2.60. The maximum atomic E-state index is 12.7. The molecule has 2 saturated heterocycles. The van der Waals surface area contributed by atoms with E-state index in [2.05, 4.69) is 33.8 Å². The molecule has 0 aromatic carbocycles. The molecule has 188 valence electrons. The third-order valence-electron chi connectivity index (χ3n) is 8.08. The number of hydrogen-bond donors (Lipinski definition) is 3. The molecule has 5 atom stereocenters. The molecular formula is C24H34F3N5O2. The number of anilines is 1. The number of likely N-dealkylation sites (tertiary alicyclic amines) is 1. The Kier molecular flexibility index (Phi) is 6.27. The molecule has 1 aromatic heterocycles. The van der Waals surface area contributed by atoms with Crippen LogP contribution in [0.2, 0.25) is 0 Å². The van der Waals surface area contributed by atoms with Crippen LogP contribution in [0.1, 0.15) is 51.5 Å². The molecule has 3 heterocycles. The van der Waals surface area contributed by atoms with E-state index in [4.69, 9.17) is 15.9 Å². The van der Waals surface area contributed by atoms with Crippen molar-refractivity contribution in [2.24, 2.45) is 17.8 Å². The molecule has 1 aromatic rings. The summed E-state index contributed by atoms with van der Waals surface area (Å²) in [7, 11) is 0. The van der Waals surface area contributed by atoms with Crippen molar-refractivity contribution in [3.05, 3.63) is 17.8 Å². The Labute approximate surface area is 198 Å². The molecule has 2 aliphatic heterocycles. The Balaban J connectivity index is 1.23. The molecule has 0 amide bonds. The molecule has 4 aliphatic rings. The molecule has 2 bridgehead atoms. The minimum Gasteiger partial charge on any atom is -0.402 e. The molecule has 10 heteroatoms. The van der Waals surface area contributed by atoms with Gasteiger partial charge in [0.1, 0.15) is 0 Å². The third kappa shape index (κ3) is 4.90. The largest absolute Gasteiger partial charge is 0.573 e. The van der Waals surface area contributed by atoms with Gasteiger partial charge in [-0.3, -0.25) is 4.90 Å². The van der Waals surface area contributed by atoms with Gasteiger partial charge in [0.2, 0.25) is 0 Å². The van der Waals surface area contributed by atoms with E-state index in [-0.39, 0.29) is 23.6 Å². The first kappa shape index (κ1) is 23.8. The number of nitrogen functional groups attached to an aromatic ring is 1. The van der Waals surface area contributed by atoms with Crippen LogP contribution in [0.15, 0.2) is 12.3 Å². The summed E-state index contributed by atoms with van der Waals surface area (Å²) in [4.78, 5) is 6.51. The Bertz CT molecular complexity index is 914. The van der Waals surface area contributed by atoms with Crippen molar-refractivity contribution < 1.29 is 22.6 Å². The molecule has 34 heavy (non-hydrogen) atoms. The van der Waals surface area contributed by atoms with Gasteiger partial charge in [0.15, 0.2) is 11.6 Å². The first-order valence-corrected chi connectivity index (χ1v) is 12.3. The van der Waals surface area contributed by atoms with Crippen LogP contribution in [0.25, 0.3) is 0 Å². The van der Waals surface area contributed by atoms with Crippen molar-refractivity contribution in [1.82, 2.24) is 15.2 Å². The predicted octanol–water partition coefficient (Wildman–Crippen LogP) is 3.57. The first-order chi connectivity index (χ1) is 16.1. The number of rotatable bonds is 8. The summed E-state index contributed by atoms with van der Waals surface area (Å²) in [5.41, 5.74) is 6.09. The van der Waals surface area contributed by atoms with E-state index < -0.39 is 12.1 Å². The SMILES string of the molecule is CC(C)NC(CC(=N)c1cnc(N)c(OC(F)(F)F)c1)C1C2CC(N3CCC4CC3CO4)CC21. The molecular weight excluding hydrogens is 447 g/mol. The van der Waals surface area contributed by atoms with Crippen molar-refractivity contribution in [2.45, 2.75) is 82.6 Å². The van der Waals surface area contributed by atoms with Crippen molar-refractivity contribution in [2.75, 3.05) is 18.9 Å². The van der Waals surface area contributed by atoms with Crippen molar-refractivity contribution in [3.8, 4) is 5.75 Å². The second-order valence-electron chi connectivity index (χ2n) is 10.7. The maximum absolute atomic E-state index is 12.7. The van der Waals surface area contributed by atoms with Crippen molar-refractivity contribution in [3.63, 3.8) is 0 Å². The predicted molar refractivity (Wildman–Crippen MR) is 122 cm³/mol. The summed E-state index contributed by atoms with van der Waals surface area (Å²) >= 11 is 0. The average molecular weight is 482 g/mol. The fraction of sp³-hybridized carbons (Fsp3) is 0.750. The molecule has 7 nitrogen and oxygen atoms in total. The minimum atomic E-state index is -4.86. The highest BCUT2D eigenvalue weighted by atomic mass is 19.4. The summed E-state index contributed by atoms with van der Waals surface area (Å²) in [6.07, 6.45) is 2.06. The first-order valence-electron chi connectivity index (χ1n) is 12.3. The molecule has 2 saturated carbocycles. The fourth-order valence-electron chi connectivity index (χ4n) is 6.70. The highest BCUT2D eigenvalue weighted by molar-refractivity contribution is 5.99. The van der Waals surface area contributed by atoms with E-state index in [0.717, 1.165) is 19.6 Å². The average Bonchev–Trinajstić information content (AvgIpc) is 3.06. The van der Waals surface area contributed by atoms with Gasteiger partial charge in [-0.1, -0.05) is 13.8 Å². The quantitative estimate of drug-likeness (QED) is 0.491. The van der Waals surface area contributed by atoms with E-state index in [0.29, 0.717) is 47.9 Å². The number of fused-ring (bicyclic) bond motifs is 3. The van der Waals surface area contributed by atoms with Crippen LogP contribution in [0.4, 0.5) is 19.0 Å². The third-order valence-corrected chi connectivity index (χ3v) is 8.08. The van der Waals surface area contributed by atoms with E-state index in [9.17, 15) is 13.2 Å². The van der Waals surface area contributed by atoms with Gasteiger partial charge in [0.25, 0.3) is 0 Å². The monoisotopic (exact) mass is 481 g/mol. The molecule has 4 fully saturated rings. The summed E-state index contributed by atoms with van der Waals surface area (Å²) < 4.78 is 47.9. The zero-order valence-electron chi connectivity index (χ0n) is 19.6. The van der Waals surface area contributed by atoms with Gasteiger partial charge >= 0.3 is 6.36 Å². The molecule has 0 spiro atoms. The van der Waals surface area contributed by atoms with Crippen LogP contribution in [-0.4, -0.2) is 65.4 Å². The van der Waals surface area contributed by atoms with E-state index in [1.165, 1.54) is 31.5 Å². The van der Waals surface area contributed by atoms with Crippen molar-refractivity contribution in [1.29, 1.82) is 5.41 Å². The smallest absolute Gasteiger partial charge is 0.402 e. The Morgan fingerprint density at radius 1 is 1.29 bits per heavy atom. The normalized spacial score (nSPS) is 33.7. The van der Waals surface area contributed by atoms with Crippen molar-refractivity contribution >= 4 is 11.5 Å². The minimum absolute atomic E-state index is 0.105. The number of aromatic nitrogens is 1. The lowest BCUT2D eigenvalue weighted by Crippen LogP contribution is -2.47. The number of hydrogen-bond acceptors (Lipinski definition) is 7. The number of piperidine rings is 1. The Morgan fingerprint density at radius 2 is 2.03 bits per heavy atom. The molecule has 0 radical (unpaired) electrons. The molecule has 5 rings (SSSR count). The number of nitrogens with zero attached hydrogens (tertiary/aromatic N) is 2. The lowest BCUT2D eigenvalue weighted by Gasteiger charge is -2.38. The Hall–Kier alpha value is -1.91. The highest BCUT2D eigenvalue weighted by Crippen LogP contribution is 2.61. The van der Waals surface area contributed by atoms with Crippen LogP contribution in [0.5, 0.6) is 5.75 Å². The number of pyridine rings is 1. The fourth-order valence-corrected chi connectivity index (χ4v) is 6.70. The van der Waals surface area contributed by atoms with Gasteiger partial charge in [-0.25, -0.2) is 4.98 Å². The van der Waals surface area contributed by atoms with Gasteiger partial charge in [0, 0.05) is 54.6 Å². The summed E-state index contributed by atoms with van der Waals surface area (Å²) in [5.74, 6) is 0.869. The molecule has 4 N–H and O–H groups in total. The van der Waals surface area contributed by atoms with E-state index >= 15 is 0 Å². The second kappa shape index (κ2) is 8.95.